The average Bonchev–Trinajstić information content (AvgIpc) is 2.90. The molecule has 1 aromatic heterocycles. The highest BCUT2D eigenvalue weighted by molar-refractivity contribution is 5.76. The van der Waals surface area contributed by atoms with Gasteiger partial charge in [0.15, 0.2) is 0 Å². The second-order valence-electron chi connectivity index (χ2n) is 6.17. The fourth-order valence-electron chi connectivity index (χ4n) is 3.26. The van der Waals surface area contributed by atoms with E-state index in [9.17, 15) is 9.90 Å². The van der Waals surface area contributed by atoms with Gasteiger partial charge < -0.3 is 19.9 Å². The first-order chi connectivity index (χ1) is 11.2. The van der Waals surface area contributed by atoms with E-state index in [-0.39, 0.29) is 18.6 Å². The number of aliphatic hydroxyl groups is 1. The Morgan fingerprint density at radius 3 is 3.09 bits per heavy atom. The fourth-order valence-corrected chi connectivity index (χ4v) is 3.26. The van der Waals surface area contributed by atoms with Crippen LogP contribution in [0.2, 0.25) is 0 Å². The number of carbonyl (C=O) groups excluding carboxylic acids is 1. The maximum Gasteiger partial charge on any atom is 0.317 e. The van der Waals surface area contributed by atoms with Crippen molar-refractivity contribution in [2.45, 2.75) is 26.3 Å². The molecule has 1 unspecified atom stereocenters. The Morgan fingerprint density at radius 1 is 1.43 bits per heavy atom. The minimum Gasteiger partial charge on any atom is -0.396 e. The number of benzene rings is 1. The molecule has 1 saturated heterocycles. The van der Waals surface area contributed by atoms with Gasteiger partial charge in [0, 0.05) is 32.8 Å². The van der Waals surface area contributed by atoms with Gasteiger partial charge >= 0.3 is 6.03 Å². The van der Waals surface area contributed by atoms with Crippen LogP contribution >= 0.6 is 0 Å². The van der Waals surface area contributed by atoms with Crippen molar-refractivity contribution in [1.82, 2.24) is 19.8 Å². The van der Waals surface area contributed by atoms with E-state index in [2.05, 4.69) is 14.9 Å². The van der Waals surface area contributed by atoms with E-state index in [4.69, 9.17) is 0 Å². The summed E-state index contributed by atoms with van der Waals surface area (Å²) in [4.78, 5) is 18.6. The molecule has 2 N–H and O–H groups in total. The zero-order valence-electron chi connectivity index (χ0n) is 13.5. The van der Waals surface area contributed by atoms with Gasteiger partial charge in [-0.05, 0) is 37.8 Å². The summed E-state index contributed by atoms with van der Waals surface area (Å²) in [5.41, 5.74) is 2.08. The first kappa shape index (κ1) is 15.8. The Kier molecular flexibility index (Phi) is 4.81. The lowest BCUT2D eigenvalue weighted by atomic mass is 9.99. The molecule has 1 aliphatic rings. The number of carbonyl (C=O) groups is 1. The predicted molar refractivity (Wildman–Crippen MR) is 89.3 cm³/mol. The molecule has 0 saturated carbocycles. The lowest BCUT2D eigenvalue weighted by Gasteiger charge is -2.31. The monoisotopic (exact) mass is 316 g/mol. The number of aromatic nitrogens is 2. The number of rotatable bonds is 4. The summed E-state index contributed by atoms with van der Waals surface area (Å²) in [6.45, 7) is 4.84. The maximum absolute atomic E-state index is 12.2. The van der Waals surface area contributed by atoms with E-state index in [1.807, 2.05) is 36.1 Å². The quantitative estimate of drug-likeness (QED) is 0.903. The first-order valence-electron chi connectivity index (χ1n) is 8.24. The average molecular weight is 316 g/mol. The van der Waals surface area contributed by atoms with Crippen LogP contribution in [0.4, 0.5) is 4.79 Å². The van der Waals surface area contributed by atoms with Crippen molar-refractivity contribution < 1.29 is 9.90 Å². The van der Waals surface area contributed by atoms with Crippen molar-refractivity contribution in [2.75, 3.05) is 26.2 Å². The molecule has 0 spiro atoms. The zero-order chi connectivity index (χ0) is 16.2. The van der Waals surface area contributed by atoms with E-state index in [0.29, 0.717) is 19.6 Å². The van der Waals surface area contributed by atoms with Crippen LogP contribution in [-0.4, -0.2) is 51.8 Å². The summed E-state index contributed by atoms with van der Waals surface area (Å²) in [6.07, 6.45) is 1.96. The van der Waals surface area contributed by atoms with E-state index in [1.165, 1.54) is 0 Å². The van der Waals surface area contributed by atoms with Crippen LogP contribution < -0.4 is 5.32 Å². The third kappa shape index (κ3) is 3.47. The summed E-state index contributed by atoms with van der Waals surface area (Å²) < 4.78 is 2.13. The van der Waals surface area contributed by atoms with Crippen LogP contribution in [0.15, 0.2) is 24.3 Å². The molecule has 23 heavy (non-hydrogen) atoms. The minimum absolute atomic E-state index is 0.0368. The normalized spacial score (nSPS) is 18.3. The summed E-state index contributed by atoms with van der Waals surface area (Å²) in [7, 11) is 0. The van der Waals surface area contributed by atoms with Gasteiger partial charge in [-0.3, -0.25) is 0 Å². The third-order valence-corrected chi connectivity index (χ3v) is 4.52. The second kappa shape index (κ2) is 7.00. The Hall–Kier alpha value is -2.08. The molecular formula is C17H24N4O2. The van der Waals surface area contributed by atoms with Crippen LogP contribution in [0.25, 0.3) is 11.0 Å². The number of hydrogen-bond acceptors (Lipinski definition) is 3. The number of imidazole rings is 1. The number of fused-ring (bicyclic) bond motifs is 1. The van der Waals surface area contributed by atoms with Gasteiger partial charge in [0.05, 0.1) is 11.0 Å². The highest BCUT2D eigenvalue weighted by Gasteiger charge is 2.22. The largest absolute Gasteiger partial charge is 0.396 e. The SMILES string of the molecule is Cc1nc2ccccc2n1CCNC(=O)N1CCCC(CO)C1. The molecule has 2 aromatic rings. The Morgan fingerprint density at radius 2 is 2.26 bits per heavy atom. The van der Waals surface area contributed by atoms with E-state index in [1.54, 1.807) is 0 Å². The number of aryl methyl sites for hydroxylation is 1. The van der Waals surface area contributed by atoms with Gasteiger partial charge in [-0.2, -0.15) is 0 Å². The Labute approximate surface area is 136 Å². The maximum atomic E-state index is 12.2. The van der Waals surface area contributed by atoms with Crippen molar-refractivity contribution in [3.8, 4) is 0 Å². The van der Waals surface area contributed by atoms with Crippen molar-refractivity contribution >= 4 is 17.1 Å². The minimum atomic E-state index is -0.0368. The van der Waals surface area contributed by atoms with Crippen molar-refractivity contribution in [3.63, 3.8) is 0 Å². The van der Waals surface area contributed by atoms with Crippen LogP contribution in [0.1, 0.15) is 18.7 Å². The summed E-state index contributed by atoms with van der Waals surface area (Å²) in [6, 6.07) is 7.99. The standard InChI is InChI=1S/C17H24N4O2/c1-13-19-15-6-2-3-7-16(15)21(13)10-8-18-17(23)20-9-4-5-14(11-20)12-22/h2-3,6-7,14,22H,4-5,8-12H2,1H3,(H,18,23). The van der Waals surface area contributed by atoms with Gasteiger partial charge in [-0.1, -0.05) is 12.1 Å². The number of likely N-dealkylation sites (tertiary alicyclic amines) is 1. The number of hydrogen-bond donors (Lipinski definition) is 2. The van der Waals surface area contributed by atoms with E-state index >= 15 is 0 Å². The first-order valence-corrected chi connectivity index (χ1v) is 8.24. The molecule has 1 atom stereocenters. The van der Waals surface area contributed by atoms with Gasteiger partial charge in [-0.25, -0.2) is 9.78 Å². The van der Waals surface area contributed by atoms with Crippen molar-refractivity contribution in [1.29, 1.82) is 0 Å². The molecule has 124 valence electrons. The molecule has 0 bridgehead atoms. The van der Waals surface area contributed by atoms with Crippen molar-refractivity contribution in [3.05, 3.63) is 30.1 Å². The number of urea groups is 1. The molecule has 1 aliphatic heterocycles. The van der Waals surface area contributed by atoms with Gasteiger partial charge in [0.2, 0.25) is 0 Å². The van der Waals surface area contributed by atoms with Crippen molar-refractivity contribution in [2.24, 2.45) is 5.92 Å². The van der Waals surface area contributed by atoms with E-state index < -0.39 is 0 Å². The lowest BCUT2D eigenvalue weighted by molar-refractivity contribution is 0.129. The molecule has 1 fully saturated rings. The highest BCUT2D eigenvalue weighted by atomic mass is 16.3. The predicted octanol–water partition coefficient (Wildman–Crippen LogP) is 1.76. The number of aliphatic hydroxyl groups excluding tert-OH is 1. The molecule has 1 aromatic carbocycles. The molecule has 3 rings (SSSR count). The topological polar surface area (TPSA) is 70.4 Å². The summed E-state index contributed by atoms with van der Waals surface area (Å²) >= 11 is 0. The zero-order valence-corrected chi connectivity index (χ0v) is 13.5. The molecule has 2 heterocycles. The number of amides is 2. The molecule has 6 heteroatoms. The number of nitrogens with one attached hydrogen (secondary N) is 1. The van der Waals surface area contributed by atoms with E-state index in [0.717, 1.165) is 36.2 Å². The number of piperidine rings is 1. The van der Waals surface area contributed by atoms with Crippen LogP contribution in [0.5, 0.6) is 0 Å². The molecule has 0 radical (unpaired) electrons. The van der Waals surface area contributed by atoms with Gasteiger partial charge in [0.25, 0.3) is 0 Å². The molecule has 2 amide bonds. The summed E-state index contributed by atoms with van der Waals surface area (Å²) in [5.74, 6) is 1.17. The number of nitrogens with zero attached hydrogens (tertiary/aromatic N) is 3. The molecule has 0 aliphatic carbocycles. The Balaban J connectivity index is 1.56. The van der Waals surface area contributed by atoms with Crippen LogP contribution in [0, 0.1) is 12.8 Å². The van der Waals surface area contributed by atoms with Gasteiger partial charge in [0.1, 0.15) is 5.82 Å². The summed E-state index contributed by atoms with van der Waals surface area (Å²) in [5, 5.41) is 12.2. The highest BCUT2D eigenvalue weighted by Crippen LogP contribution is 2.16. The Bertz CT molecular complexity index is 682. The molecule has 6 nitrogen and oxygen atoms in total. The smallest absolute Gasteiger partial charge is 0.317 e. The second-order valence-corrected chi connectivity index (χ2v) is 6.17. The van der Waals surface area contributed by atoms with Crippen LogP contribution in [-0.2, 0) is 6.54 Å². The molecular weight excluding hydrogens is 292 g/mol. The van der Waals surface area contributed by atoms with Crippen LogP contribution in [0.3, 0.4) is 0 Å². The lowest BCUT2D eigenvalue weighted by Crippen LogP contribution is -2.46. The number of para-hydroxylation sites is 2. The fraction of sp³-hybridized carbons (Fsp3) is 0.529. The van der Waals surface area contributed by atoms with Gasteiger partial charge in [-0.15, -0.1) is 0 Å². The third-order valence-electron chi connectivity index (χ3n) is 4.52.